The molecule has 6 nitrogen and oxygen atoms in total. The van der Waals surface area contributed by atoms with Gasteiger partial charge in [0.05, 0.1) is 22.8 Å². The highest BCUT2D eigenvalue weighted by Crippen LogP contribution is 2.17. The van der Waals surface area contributed by atoms with E-state index in [1.54, 1.807) is 11.3 Å². The predicted molar refractivity (Wildman–Crippen MR) is 95.2 cm³/mol. The molecule has 0 radical (unpaired) electrons. The number of piperidine rings is 1. The van der Waals surface area contributed by atoms with Gasteiger partial charge in [0.1, 0.15) is 5.82 Å². The van der Waals surface area contributed by atoms with Crippen LogP contribution in [-0.4, -0.2) is 45.1 Å². The zero-order chi connectivity index (χ0) is 16.9. The van der Waals surface area contributed by atoms with Gasteiger partial charge in [-0.05, 0) is 38.3 Å². The van der Waals surface area contributed by atoms with E-state index in [9.17, 15) is 4.79 Å². The normalized spacial score (nSPS) is 15.5. The number of hydrogen-bond donors (Lipinski definition) is 1. The summed E-state index contributed by atoms with van der Waals surface area (Å²) in [6, 6.07) is 4.25. The Morgan fingerprint density at radius 2 is 2.12 bits per heavy atom. The summed E-state index contributed by atoms with van der Waals surface area (Å²) in [7, 11) is 0. The average Bonchev–Trinajstić information content (AvgIpc) is 3.05. The smallest absolute Gasteiger partial charge is 0.228 e. The van der Waals surface area contributed by atoms with Crippen LogP contribution in [-0.2, 0) is 17.6 Å². The summed E-state index contributed by atoms with van der Waals surface area (Å²) >= 11 is 1.64. The topological polar surface area (TPSA) is 71.0 Å². The molecule has 1 saturated heterocycles. The number of carbonyl (C=O) groups is 1. The fourth-order valence-corrected chi connectivity index (χ4v) is 3.56. The van der Waals surface area contributed by atoms with Crippen molar-refractivity contribution in [2.45, 2.75) is 45.6 Å². The van der Waals surface area contributed by atoms with E-state index in [4.69, 9.17) is 0 Å². The SMILES string of the molecule is CCc1nc(CC(=O)N2CCC(Nc3ccc(C)nn3)CC2)cs1. The van der Waals surface area contributed by atoms with E-state index in [1.165, 1.54) is 0 Å². The third-order valence-electron chi connectivity index (χ3n) is 4.23. The number of likely N-dealkylation sites (tertiary alicyclic amines) is 1. The maximum Gasteiger partial charge on any atom is 0.228 e. The van der Waals surface area contributed by atoms with Gasteiger partial charge in [0.25, 0.3) is 0 Å². The van der Waals surface area contributed by atoms with E-state index in [1.807, 2.05) is 29.3 Å². The molecule has 1 N–H and O–H groups in total. The standard InChI is InChI=1S/C17H23N5OS/c1-3-16-19-14(11-24-16)10-17(23)22-8-6-13(7-9-22)18-15-5-4-12(2)20-21-15/h4-5,11,13H,3,6-10H2,1-2H3,(H,18,21). The van der Waals surface area contributed by atoms with Gasteiger partial charge in [0, 0.05) is 24.5 Å². The Bertz CT molecular complexity index is 677. The molecular formula is C17H23N5OS. The quantitative estimate of drug-likeness (QED) is 0.901. The minimum absolute atomic E-state index is 0.177. The van der Waals surface area contributed by atoms with E-state index in [0.717, 1.165) is 54.6 Å². The second-order valence-corrected chi connectivity index (χ2v) is 7.06. The van der Waals surface area contributed by atoms with Crippen LogP contribution in [0, 0.1) is 6.92 Å². The minimum Gasteiger partial charge on any atom is -0.366 e. The molecule has 0 unspecified atom stereocenters. The molecular weight excluding hydrogens is 322 g/mol. The summed E-state index contributed by atoms with van der Waals surface area (Å²) in [4.78, 5) is 18.8. The Hall–Kier alpha value is -2.02. The molecule has 2 aromatic heterocycles. The first-order valence-electron chi connectivity index (χ1n) is 8.42. The number of nitrogens with zero attached hydrogens (tertiary/aromatic N) is 4. The number of aryl methyl sites for hydroxylation is 2. The lowest BCUT2D eigenvalue weighted by Crippen LogP contribution is -2.43. The summed E-state index contributed by atoms with van der Waals surface area (Å²) in [5, 5.41) is 14.7. The van der Waals surface area contributed by atoms with Gasteiger partial charge in [-0.1, -0.05) is 6.92 Å². The highest BCUT2D eigenvalue weighted by atomic mass is 32.1. The van der Waals surface area contributed by atoms with Crippen molar-refractivity contribution in [1.29, 1.82) is 0 Å². The van der Waals surface area contributed by atoms with Crippen molar-refractivity contribution >= 4 is 23.1 Å². The van der Waals surface area contributed by atoms with Crippen molar-refractivity contribution in [3.8, 4) is 0 Å². The molecule has 2 aromatic rings. The molecule has 7 heteroatoms. The zero-order valence-corrected chi connectivity index (χ0v) is 15.0. The third-order valence-corrected chi connectivity index (χ3v) is 5.27. The largest absolute Gasteiger partial charge is 0.366 e. The van der Waals surface area contributed by atoms with Crippen LogP contribution in [0.25, 0.3) is 0 Å². The summed E-state index contributed by atoms with van der Waals surface area (Å²) in [6.45, 7) is 5.56. The van der Waals surface area contributed by atoms with Gasteiger partial charge in [-0.15, -0.1) is 16.4 Å². The van der Waals surface area contributed by atoms with Gasteiger partial charge >= 0.3 is 0 Å². The van der Waals surface area contributed by atoms with Crippen molar-refractivity contribution in [3.05, 3.63) is 33.9 Å². The molecule has 3 heterocycles. The molecule has 24 heavy (non-hydrogen) atoms. The molecule has 1 aliphatic rings. The molecule has 1 aliphatic heterocycles. The molecule has 0 spiro atoms. The van der Waals surface area contributed by atoms with E-state index in [2.05, 4.69) is 27.4 Å². The number of nitrogens with one attached hydrogen (secondary N) is 1. The van der Waals surface area contributed by atoms with Crippen LogP contribution >= 0.6 is 11.3 Å². The number of anilines is 1. The van der Waals surface area contributed by atoms with E-state index < -0.39 is 0 Å². The lowest BCUT2D eigenvalue weighted by molar-refractivity contribution is -0.131. The van der Waals surface area contributed by atoms with Gasteiger partial charge in [-0.25, -0.2) is 4.98 Å². The van der Waals surface area contributed by atoms with Crippen LogP contribution in [0.3, 0.4) is 0 Å². The highest BCUT2D eigenvalue weighted by molar-refractivity contribution is 7.09. The molecule has 128 valence electrons. The first kappa shape index (κ1) is 16.8. The first-order chi connectivity index (χ1) is 11.6. The molecule has 0 aromatic carbocycles. The predicted octanol–water partition coefficient (Wildman–Crippen LogP) is 2.45. The molecule has 0 saturated carbocycles. The van der Waals surface area contributed by atoms with Crippen LogP contribution in [0.5, 0.6) is 0 Å². The second-order valence-electron chi connectivity index (χ2n) is 6.12. The molecule has 1 amide bonds. The maximum absolute atomic E-state index is 12.4. The Labute approximate surface area is 146 Å². The van der Waals surface area contributed by atoms with Gasteiger partial charge in [-0.2, -0.15) is 5.10 Å². The van der Waals surface area contributed by atoms with Crippen molar-refractivity contribution in [3.63, 3.8) is 0 Å². The first-order valence-corrected chi connectivity index (χ1v) is 9.30. The Balaban J connectivity index is 1.47. The van der Waals surface area contributed by atoms with Gasteiger partial charge in [0.15, 0.2) is 0 Å². The Kier molecular flexibility index (Phi) is 5.40. The summed E-state index contributed by atoms with van der Waals surface area (Å²) in [5.74, 6) is 0.983. The van der Waals surface area contributed by atoms with Gasteiger partial charge in [0.2, 0.25) is 5.91 Å². The number of aromatic nitrogens is 3. The van der Waals surface area contributed by atoms with Crippen molar-refractivity contribution in [2.24, 2.45) is 0 Å². The lowest BCUT2D eigenvalue weighted by Gasteiger charge is -2.32. The number of amides is 1. The highest BCUT2D eigenvalue weighted by Gasteiger charge is 2.23. The average molecular weight is 345 g/mol. The summed E-state index contributed by atoms with van der Waals surface area (Å²) in [5.41, 5.74) is 1.81. The number of thiazole rings is 1. The monoisotopic (exact) mass is 345 g/mol. The fourth-order valence-electron chi connectivity index (χ4n) is 2.82. The van der Waals surface area contributed by atoms with E-state index in [0.29, 0.717) is 12.5 Å². The Morgan fingerprint density at radius 3 is 2.75 bits per heavy atom. The Morgan fingerprint density at radius 1 is 1.33 bits per heavy atom. The second kappa shape index (κ2) is 7.70. The van der Waals surface area contributed by atoms with Crippen LogP contribution in [0.15, 0.2) is 17.5 Å². The minimum atomic E-state index is 0.177. The van der Waals surface area contributed by atoms with Gasteiger partial charge in [-0.3, -0.25) is 4.79 Å². The molecule has 0 aliphatic carbocycles. The van der Waals surface area contributed by atoms with Gasteiger partial charge < -0.3 is 10.2 Å². The summed E-state index contributed by atoms with van der Waals surface area (Å²) < 4.78 is 0. The lowest BCUT2D eigenvalue weighted by atomic mass is 10.0. The van der Waals surface area contributed by atoms with Crippen LogP contribution < -0.4 is 5.32 Å². The van der Waals surface area contributed by atoms with Crippen LogP contribution in [0.1, 0.15) is 36.2 Å². The number of hydrogen-bond acceptors (Lipinski definition) is 6. The number of carbonyl (C=O) groups excluding carboxylic acids is 1. The maximum atomic E-state index is 12.4. The van der Waals surface area contributed by atoms with E-state index in [-0.39, 0.29) is 5.91 Å². The third kappa shape index (κ3) is 4.29. The van der Waals surface area contributed by atoms with Crippen LogP contribution in [0.4, 0.5) is 5.82 Å². The molecule has 0 bridgehead atoms. The summed E-state index contributed by atoms with van der Waals surface area (Å²) in [6.07, 6.45) is 3.20. The van der Waals surface area contributed by atoms with Crippen LogP contribution in [0.2, 0.25) is 0 Å². The van der Waals surface area contributed by atoms with Crippen molar-refractivity contribution in [1.82, 2.24) is 20.1 Å². The van der Waals surface area contributed by atoms with Crippen molar-refractivity contribution in [2.75, 3.05) is 18.4 Å². The zero-order valence-electron chi connectivity index (χ0n) is 14.2. The fraction of sp³-hybridized carbons (Fsp3) is 0.529. The number of rotatable bonds is 5. The molecule has 1 fully saturated rings. The van der Waals surface area contributed by atoms with Crippen molar-refractivity contribution < 1.29 is 4.79 Å². The molecule has 0 atom stereocenters. The molecule has 3 rings (SSSR count). The van der Waals surface area contributed by atoms with E-state index >= 15 is 0 Å².